The Kier molecular flexibility index (Phi) is 4.95. The Bertz CT molecular complexity index is 650. The van der Waals surface area contributed by atoms with E-state index < -0.39 is 35.3 Å². The van der Waals surface area contributed by atoms with Gasteiger partial charge in [-0.05, 0) is 13.8 Å². The van der Waals surface area contributed by atoms with Crippen molar-refractivity contribution in [1.82, 2.24) is 4.90 Å². The largest absolute Gasteiger partial charge is 0.485 e. The molecule has 0 spiro atoms. The Morgan fingerprint density at radius 1 is 1.26 bits per heavy atom. The van der Waals surface area contributed by atoms with Gasteiger partial charge in [-0.25, -0.2) is 8.78 Å². The van der Waals surface area contributed by atoms with E-state index in [2.05, 4.69) is 5.32 Å². The fourth-order valence-corrected chi connectivity index (χ4v) is 2.05. The molecule has 23 heavy (non-hydrogen) atoms. The second-order valence-electron chi connectivity index (χ2n) is 5.14. The number of halogens is 2. The fraction of sp³-hybridized carbons (Fsp3) is 0.333. The first kappa shape index (κ1) is 16.9. The molecule has 0 aliphatic carbocycles. The van der Waals surface area contributed by atoms with E-state index in [1.165, 1.54) is 0 Å². The maximum absolute atomic E-state index is 13.9. The number of hydrogen-bond donors (Lipinski definition) is 2. The summed E-state index contributed by atoms with van der Waals surface area (Å²) in [4.78, 5) is 24.4. The summed E-state index contributed by atoms with van der Waals surface area (Å²) < 4.78 is 32.8. The van der Waals surface area contributed by atoms with E-state index in [1.807, 2.05) is 0 Å². The highest BCUT2D eigenvalue weighted by atomic mass is 19.1. The third kappa shape index (κ3) is 3.65. The number of aliphatic hydroxyl groups is 1. The van der Waals surface area contributed by atoms with Crippen molar-refractivity contribution in [2.75, 3.05) is 18.5 Å². The number of rotatable bonds is 6. The number of carbonyl (C=O) groups is 2. The van der Waals surface area contributed by atoms with E-state index in [4.69, 9.17) is 9.84 Å². The third-order valence-electron chi connectivity index (χ3n) is 2.96. The van der Waals surface area contributed by atoms with Crippen molar-refractivity contribution in [3.05, 3.63) is 35.5 Å². The topological polar surface area (TPSA) is 78.9 Å². The monoisotopic (exact) mass is 326 g/mol. The summed E-state index contributed by atoms with van der Waals surface area (Å²) >= 11 is 0. The molecule has 1 heterocycles. The first-order chi connectivity index (χ1) is 10.8. The Balaban J connectivity index is 2.20. The molecule has 2 rings (SSSR count). The van der Waals surface area contributed by atoms with Gasteiger partial charge >= 0.3 is 0 Å². The Morgan fingerprint density at radius 2 is 1.87 bits per heavy atom. The van der Waals surface area contributed by atoms with Crippen LogP contribution >= 0.6 is 0 Å². The number of nitrogens with zero attached hydrogens (tertiary/aromatic N) is 1. The molecular weight excluding hydrogens is 310 g/mol. The predicted molar refractivity (Wildman–Crippen MR) is 77.6 cm³/mol. The average molecular weight is 326 g/mol. The number of carbonyl (C=O) groups excluding carboxylic acids is 2. The molecule has 0 radical (unpaired) electrons. The number of anilines is 1. The molecule has 0 fully saturated rings. The zero-order valence-corrected chi connectivity index (χ0v) is 12.6. The highest BCUT2D eigenvalue weighted by Gasteiger charge is 2.30. The van der Waals surface area contributed by atoms with Gasteiger partial charge in [-0.15, -0.1) is 0 Å². The van der Waals surface area contributed by atoms with E-state index in [9.17, 15) is 18.4 Å². The summed E-state index contributed by atoms with van der Waals surface area (Å²) in [5.41, 5.74) is -0.158. The van der Waals surface area contributed by atoms with Crippen LogP contribution in [0.3, 0.4) is 0 Å². The molecule has 0 atom stereocenters. The average Bonchev–Trinajstić information content (AvgIpc) is 2.71. The molecule has 1 aromatic carbocycles. The smallest absolute Gasteiger partial charge is 0.277 e. The molecule has 0 bridgehead atoms. The molecule has 6 nitrogen and oxygen atoms in total. The first-order valence-corrected chi connectivity index (χ1v) is 6.94. The van der Waals surface area contributed by atoms with Crippen molar-refractivity contribution in [3.63, 3.8) is 0 Å². The van der Waals surface area contributed by atoms with Crippen LogP contribution in [0.2, 0.25) is 0 Å². The van der Waals surface area contributed by atoms with Crippen LogP contribution in [0, 0.1) is 11.6 Å². The van der Waals surface area contributed by atoms with E-state index in [-0.39, 0.29) is 24.5 Å². The Morgan fingerprint density at radius 3 is 2.39 bits per heavy atom. The number of hydrogen-bond acceptors (Lipinski definition) is 5. The van der Waals surface area contributed by atoms with E-state index >= 15 is 0 Å². The predicted octanol–water partition coefficient (Wildman–Crippen LogP) is 1.41. The molecule has 2 N–H and O–H groups in total. The zero-order chi connectivity index (χ0) is 17.1. The quantitative estimate of drug-likeness (QED) is 0.773. The molecule has 0 saturated heterocycles. The molecule has 1 aromatic rings. The standard InChI is InChI=1S/C15H16F2N2O4/c1-8(2)23-14-10(16)5-9(6-11(14)17)18-12-7-13(21)19(3-4-20)15(12)22/h5-8,18,20H,3-4H2,1-2H3. The van der Waals surface area contributed by atoms with Crippen molar-refractivity contribution in [2.24, 2.45) is 0 Å². The number of benzene rings is 1. The highest BCUT2D eigenvalue weighted by molar-refractivity contribution is 6.17. The van der Waals surface area contributed by atoms with E-state index in [0.717, 1.165) is 23.1 Å². The van der Waals surface area contributed by atoms with Crippen molar-refractivity contribution in [1.29, 1.82) is 0 Å². The number of nitrogens with one attached hydrogen (secondary N) is 1. The van der Waals surface area contributed by atoms with E-state index in [0.29, 0.717) is 0 Å². The third-order valence-corrected chi connectivity index (χ3v) is 2.96. The number of β-amino-alcohol motifs (C(OH)–C–C–N with tert-alkyl or cyclic N) is 1. The minimum Gasteiger partial charge on any atom is -0.485 e. The number of ether oxygens (including phenoxy) is 1. The first-order valence-electron chi connectivity index (χ1n) is 6.94. The number of aliphatic hydroxyl groups excluding tert-OH is 1. The van der Waals surface area contributed by atoms with Crippen LogP contribution in [0.25, 0.3) is 0 Å². The van der Waals surface area contributed by atoms with Gasteiger partial charge < -0.3 is 15.2 Å². The second-order valence-corrected chi connectivity index (χ2v) is 5.14. The molecule has 0 aromatic heterocycles. The van der Waals surface area contributed by atoms with Crippen molar-refractivity contribution in [2.45, 2.75) is 20.0 Å². The van der Waals surface area contributed by atoms with Crippen LogP contribution in [0.4, 0.5) is 14.5 Å². The van der Waals surface area contributed by atoms with Crippen molar-refractivity contribution < 1.29 is 28.2 Å². The molecule has 0 saturated carbocycles. The SMILES string of the molecule is CC(C)Oc1c(F)cc(NC2=CC(=O)N(CCO)C2=O)cc1F. The van der Waals surface area contributed by atoms with Gasteiger partial charge in [-0.1, -0.05) is 0 Å². The number of imide groups is 1. The van der Waals surface area contributed by atoms with Crippen molar-refractivity contribution in [3.8, 4) is 5.75 Å². The van der Waals surface area contributed by atoms with Gasteiger partial charge in [0.05, 0.1) is 19.3 Å². The fourth-order valence-electron chi connectivity index (χ4n) is 2.05. The van der Waals surface area contributed by atoms with Gasteiger partial charge in [0, 0.05) is 23.9 Å². The summed E-state index contributed by atoms with van der Waals surface area (Å²) in [5.74, 6) is -3.63. The van der Waals surface area contributed by atoms with Gasteiger partial charge in [0.1, 0.15) is 5.70 Å². The van der Waals surface area contributed by atoms with Crippen molar-refractivity contribution >= 4 is 17.5 Å². The van der Waals surface area contributed by atoms with Gasteiger partial charge in [-0.3, -0.25) is 14.5 Å². The maximum Gasteiger partial charge on any atom is 0.277 e. The Labute approximate surface area is 131 Å². The lowest BCUT2D eigenvalue weighted by atomic mass is 10.2. The van der Waals surface area contributed by atoms with Crippen LogP contribution in [-0.2, 0) is 9.59 Å². The summed E-state index contributed by atoms with van der Waals surface area (Å²) in [6.07, 6.45) is 0.605. The van der Waals surface area contributed by atoms with Gasteiger partial charge in [-0.2, -0.15) is 0 Å². The molecule has 1 aliphatic heterocycles. The van der Waals surface area contributed by atoms with Crippen LogP contribution < -0.4 is 10.1 Å². The summed E-state index contributed by atoms with van der Waals surface area (Å²) in [6, 6.07) is 1.93. The number of amides is 2. The van der Waals surface area contributed by atoms with Crippen LogP contribution in [0.1, 0.15) is 13.8 Å². The Hall–Kier alpha value is -2.48. The summed E-state index contributed by atoms with van der Waals surface area (Å²) in [5, 5.41) is 11.3. The van der Waals surface area contributed by atoms with E-state index in [1.54, 1.807) is 13.8 Å². The lowest BCUT2D eigenvalue weighted by molar-refractivity contribution is -0.137. The van der Waals surface area contributed by atoms with Crippen LogP contribution in [-0.4, -0.2) is 41.1 Å². The molecule has 1 aliphatic rings. The van der Waals surface area contributed by atoms with Crippen LogP contribution in [0.15, 0.2) is 23.9 Å². The lowest BCUT2D eigenvalue weighted by Crippen LogP contribution is -2.34. The molecule has 0 unspecified atom stereocenters. The molecule has 2 amide bonds. The maximum atomic E-state index is 13.9. The normalized spacial score (nSPS) is 14.5. The minimum absolute atomic E-state index is 0.0330. The highest BCUT2D eigenvalue weighted by Crippen LogP contribution is 2.28. The zero-order valence-electron chi connectivity index (χ0n) is 12.6. The summed E-state index contributed by atoms with van der Waals surface area (Å²) in [7, 11) is 0. The van der Waals surface area contributed by atoms with Crippen LogP contribution in [0.5, 0.6) is 5.75 Å². The molecule has 124 valence electrons. The minimum atomic E-state index is -0.925. The van der Waals surface area contributed by atoms with Gasteiger partial charge in [0.2, 0.25) is 0 Å². The molecule has 8 heteroatoms. The summed E-state index contributed by atoms with van der Waals surface area (Å²) in [6.45, 7) is 2.75. The van der Waals surface area contributed by atoms with Gasteiger partial charge in [0.25, 0.3) is 11.8 Å². The van der Waals surface area contributed by atoms with Gasteiger partial charge in [0.15, 0.2) is 17.4 Å². The second kappa shape index (κ2) is 6.74. The lowest BCUT2D eigenvalue weighted by Gasteiger charge is -2.15. The molecular formula is C15H16F2N2O4.